The van der Waals surface area contributed by atoms with Crippen LogP contribution in [0.15, 0.2) is 18.2 Å². The first-order valence-corrected chi connectivity index (χ1v) is 6.38. The van der Waals surface area contributed by atoms with Crippen molar-refractivity contribution >= 4 is 17.9 Å². The van der Waals surface area contributed by atoms with E-state index in [4.69, 9.17) is 10.4 Å². The second-order valence-electron chi connectivity index (χ2n) is 5.06. The van der Waals surface area contributed by atoms with E-state index >= 15 is 0 Å². The number of amides is 3. The lowest BCUT2D eigenvalue weighted by Gasteiger charge is -2.22. The lowest BCUT2D eigenvalue weighted by atomic mass is 9.91. The van der Waals surface area contributed by atoms with E-state index in [1.807, 2.05) is 0 Å². The Balaban J connectivity index is 2.07. The number of carboxylic acid groups (broad SMARTS) is 1. The maximum absolute atomic E-state index is 12.5. The maximum Gasteiger partial charge on any atom is 0.325 e. The number of carboxylic acids is 1. The zero-order valence-corrected chi connectivity index (χ0v) is 10.9. The average molecular weight is 285 g/mol. The molecule has 3 amide bonds. The number of imide groups is 1. The predicted molar refractivity (Wildman–Crippen MR) is 69.0 cm³/mol. The van der Waals surface area contributed by atoms with E-state index in [-0.39, 0.29) is 0 Å². The molecule has 0 aromatic heterocycles. The lowest BCUT2D eigenvalue weighted by Crippen LogP contribution is -2.42. The Morgan fingerprint density at radius 2 is 2.24 bits per heavy atom. The van der Waals surface area contributed by atoms with Crippen LogP contribution < -0.4 is 5.32 Å². The van der Waals surface area contributed by atoms with Crippen molar-refractivity contribution in [2.24, 2.45) is 0 Å². The number of benzene rings is 1. The van der Waals surface area contributed by atoms with Crippen LogP contribution in [-0.2, 0) is 21.5 Å². The molecule has 0 radical (unpaired) electrons. The molecule has 3 rings (SSSR count). The van der Waals surface area contributed by atoms with E-state index in [1.54, 1.807) is 18.2 Å². The Morgan fingerprint density at radius 3 is 2.90 bits per heavy atom. The Morgan fingerprint density at radius 1 is 1.48 bits per heavy atom. The number of hydrogen-bond acceptors (Lipinski definition) is 4. The van der Waals surface area contributed by atoms with Crippen LogP contribution in [0.4, 0.5) is 4.79 Å². The largest absolute Gasteiger partial charge is 0.480 e. The van der Waals surface area contributed by atoms with Crippen molar-refractivity contribution in [3.05, 3.63) is 34.9 Å². The van der Waals surface area contributed by atoms with Gasteiger partial charge in [-0.3, -0.25) is 14.5 Å². The third kappa shape index (κ3) is 1.69. The van der Waals surface area contributed by atoms with Gasteiger partial charge in [0.05, 0.1) is 11.6 Å². The second-order valence-corrected chi connectivity index (χ2v) is 5.06. The Hall–Kier alpha value is -2.88. The Labute approximate surface area is 119 Å². The molecule has 1 fully saturated rings. The van der Waals surface area contributed by atoms with Gasteiger partial charge in [-0.1, -0.05) is 12.1 Å². The molecule has 1 heterocycles. The van der Waals surface area contributed by atoms with Crippen LogP contribution in [0.1, 0.15) is 23.1 Å². The number of carbonyl (C=O) groups excluding carboxylic acids is 2. The molecule has 2 aliphatic rings. The van der Waals surface area contributed by atoms with Crippen LogP contribution in [0, 0.1) is 11.3 Å². The van der Waals surface area contributed by atoms with Gasteiger partial charge in [0.15, 0.2) is 0 Å². The number of nitrogens with zero attached hydrogens (tertiary/aromatic N) is 2. The predicted octanol–water partition coefficient (Wildman–Crippen LogP) is 0.336. The van der Waals surface area contributed by atoms with Crippen LogP contribution in [0.2, 0.25) is 0 Å². The molecule has 0 bridgehead atoms. The van der Waals surface area contributed by atoms with Crippen LogP contribution in [0.5, 0.6) is 0 Å². The van der Waals surface area contributed by atoms with Crippen molar-refractivity contribution in [2.75, 3.05) is 6.54 Å². The molecule has 1 aliphatic carbocycles. The first-order chi connectivity index (χ1) is 9.99. The summed E-state index contributed by atoms with van der Waals surface area (Å²) in [6.45, 7) is -0.667. The summed E-state index contributed by atoms with van der Waals surface area (Å²) in [5, 5.41) is 20.5. The number of fused-ring (bicyclic) bond motifs is 2. The molecule has 1 aliphatic heterocycles. The van der Waals surface area contributed by atoms with Gasteiger partial charge < -0.3 is 10.4 Å². The number of carbonyl (C=O) groups is 3. The minimum absolute atomic E-state index is 0.335. The first kappa shape index (κ1) is 13.1. The fraction of sp³-hybridized carbons (Fsp3) is 0.286. The molecule has 7 nitrogen and oxygen atoms in total. The van der Waals surface area contributed by atoms with Crippen LogP contribution in [-0.4, -0.2) is 34.5 Å². The zero-order valence-electron chi connectivity index (χ0n) is 10.9. The van der Waals surface area contributed by atoms with Crippen molar-refractivity contribution < 1.29 is 19.5 Å². The number of rotatable bonds is 2. The smallest absolute Gasteiger partial charge is 0.325 e. The van der Waals surface area contributed by atoms with E-state index < -0.39 is 30.0 Å². The monoisotopic (exact) mass is 285 g/mol. The van der Waals surface area contributed by atoms with Crippen molar-refractivity contribution in [3.63, 3.8) is 0 Å². The molecule has 2 N–H and O–H groups in total. The standard InChI is InChI=1S/C14H11N3O4/c15-6-8-2-1-3-10-9(8)4-5-14(10)12(20)17(7-11(18)19)13(21)16-14/h1-3H,4-5,7H2,(H,16,21)(H,18,19). The van der Waals surface area contributed by atoms with Crippen LogP contribution in [0.3, 0.4) is 0 Å². The molecular formula is C14H11N3O4. The van der Waals surface area contributed by atoms with Crippen LogP contribution >= 0.6 is 0 Å². The molecular weight excluding hydrogens is 274 g/mol. The maximum atomic E-state index is 12.5. The summed E-state index contributed by atoms with van der Waals surface area (Å²) >= 11 is 0. The number of nitriles is 1. The second kappa shape index (κ2) is 4.31. The molecule has 0 saturated carbocycles. The highest BCUT2D eigenvalue weighted by Gasteiger charge is 2.55. The summed E-state index contributed by atoms with van der Waals surface area (Å²) in [7, 11) is 0. The number of aliphatic carboxylic acids is 1. The summed E-state index contributed by atoms with van der Waals surface area (Å²) in [6.07, 6.45) is 0.827. The van der Waals surface area contributed by atoms with E-state index in [9.17, 15) is 14.4 Å². The Kier molecular flexibility index (Phi) is 2.69. The summed E-state index contributed by atoms with van der Waals surface area (Å²) in [5.41, 5.74) is 0.580. The third-order valence-electron chi connectivity index (χ3n) is 3.98. The van der Waals surface area contributed by atoms with Gasteiger partial charge in [0.1, 0.15) is 12.1 Å². The minimum Gasteiger partial charge on any atom is -0.480 e. The molecule has 106 valence electrons. The topological polar surface area (TPSA) is 110 Å². The van der Waals surface area contributed by atoms with Gasteiger partial charge in [0.25, 0.3) is 5.91 Å². The van der Waals surface area contributed by atoms with E-state index in [0.717, 1.165) is 5.56 Å². The van der Waals surface area contributed by atoms with Gasteiger partial charge in [-0.25, -0.2) is 4.79 Å². The number of nitrogens with one attached hydrogen (secondary N) is 1. The summed E-state index contributed by atoms with van der Waals surface area (Å²) < 4.78 is 0. The molecule has 1 atom stereocenters. The zero-order chi connectivity index (χ0) is 15.2. The van der Waals surface area contributed by atoms with Gasteiger partial charge >= 0.3 is 12.0 Å². The SMILES string of the molecule is N#Cc1cccc2c1CCC21NC(=O)N(CC(=O)O)C1=O. The fourth-order valence-corrected chi connectivity index (χ4v) is 3.06. The van der Waals surface area contributed by atoms with E-state index in [2.05, 4.69) is 11.4 Å². The highest BCUT2D eigenvalue weighted by Crippen LogP contribution is 2.42. The van der Waals surface area contributed by atoms with Gasteiger partial charge in [-0.05, 0) is 30.0 Å². The third-order valence-corrected chi connectivity index (χ3v) is 3.98. The summed E-state index contributed by atoms with van der Waals surface area (Å²) in [6, 6.07) is 6.38. The van der Waals surface area contributed by atoms with Crippen molar-refractivity contribution in [3.8, 4) is 6.07 Å². The molecule has 1 unspecified atom stereocenters. The first-order valence-electron chi connectivity index (χ1n) is 6.38. The molecule has 1 spiro atoms. The van der Waals surface area contributed by atoms with Gasteiger partial charge in [-0.2, -0.15) is 5.26 Å². The quantitative estimate of drug-likeness (QED) is 0.761. The molecule has 1 aromatic rings. The number of hydrogen-bond donors (Lipinski definition) is 2. The van der Waals surface area contributed by atoms with E-state index in [0.29, 0.717) is 28.9 Å². The molecule has 1 saturated heterocycles. The average Bonchev–Trinajstić information content (AvgIpc) is 2.93. The van der Waals surface area contributed by atoms with Crippen molar-refractivity contribution in [2.45, 2.75) is 18.4 Å². The van der Waals surface area contributed by atoms with Gasteiger partial charge in [0.2, 0.25) is 0 Å². The van der Waals surface area contributed by atoms with Gasteiger partial charge in [0, 0.05) is 0 Å². The minimum atomic E-state index is -1.25. The molecule has 1 aromatic carbocycles. The fourth-order valence-electron chi connectivity index (χ4n) is 3.06. The van der Waals surface area contributed by atoms with Crippen molar-refractivity contribution in [1.82, 2.24) is 10.2 Å². The normalized spacial score (nSPS) is 23.1. The Bertz CT molecular complexity index is 721. The van der Waals surface area contributed by atoms with Gasteiger partial charge in [-0.15, -0.1) is 0 Å². The summed E-state index contributed by atoms with van der Waals surface area (Å²) in [4.78, 5) is 35.9. The number of urea groups is 1. The summed E-state index contributed by atoms with van der Waals surface area (Å²) in [5.74, 6) is -1.82. The molecule has 21 heavy (non-hydrogen) atoms. The lowest BCUT2D eigenvalue weighted by molar-refractivity contribution is -0.142. The van der Waals surface area contributed by atoms with Crippen LogP contribution in [0.25, 0.3) is 0 Å². The highest BCUT2D eigenvalue weighted by molar-refractivity contribution is 6.09. The molecule has 7 heteroatoms. The highest BCUT2D eigenvalue weighted by atomic mass is 16.4. The van der Waals surface area contributed by atoms with Crippen molar-refractivity contribution in [1.29, 1.82) is 5.26 Å². The van der Waals surface area contributed by atoms with E-state index in [1.165, 1.54) is 0 Å².